The first kappa shape index (κ1) is 31.3. The third-order valence-corrected chi connectivity index (χ3v) is 8.60. The largest absolute Gasteiger partial charge is 0.341 e. The lowest BCUT2D eigenvalue weighted by atomic mass is 10.1. The molecule has 0 spiro atoms. The van der Waals surface area contributed by atoms with E-state index in [1.54, 1.807) is 66.7 Å². The lowest BCUT2D eigenvalue weighted by molar-refractivity contribution is -0.114. The van der Waals surface area contributed by atoms with E-state index in [-0.39, 0.29) is 22.9 Å². The Labute approximate surface area is 275 Å². The van der Waals surface area contributed by atoms with E-state index in [1.807, 2.05) is 30.3 Å². The molecule has 3 N–H and O–H groups in total. The molecule has 0 unspecified atom stereocenters. The molecule has 0 saturated carbocycles. The topological polar surface area (TPSA) is 92.2 Å². The van der Waals surface area contributed by atoms with Crippen LogP contribution in [0.25, 0.3) is 27.9 Å². The quantitative estimate of drug-likeness (QED) is 0.104. The van der Waals surface area contributed by atoms with E-state index in [1.165, 1.54) is 30.0 Å². The molecular formula is C38H31FN4O3S. The van der Waals surface area contributed by atoms with Crippen LogP contribution in [0.1, 0.15) is 22.8 Å². The summed E-state index contributed by atoms with van der Waals surface area (Å²) in [5, 5.41) is 10.6. The molecule has 0 aliphatic carbocycles. The average Bonchev–Trinajstić information content (AvgIpc) is 3.41. The summed E-state index contributed by atoms with van der Waals surface area (Å²) in [4.78, 5) is 39.8. The number of nitrogens with one attached hydrogen (secondary N) is 3. The molecule has 0 atom stereocenters. The second-order valence-corrected chi connectivity index (χ2v) is 11.8. The number of hydrogen-bond acceptors (Lipinski definition) is 4. The third-order valence-electron chi connectivity index (χ3n) is 7.59. The van der Waals surface area contributed by atoms with Gasteiger partial charge in [-0.15, -0.1) is 11.8 Å². The molecule has 6 rings (SSSR count). The van der Waals surface area contributed by atoms with Crippen LogP contribution < -0.4 is 16.0 Å². The Kier molecular flexibility index (Phi) is 9.45. The second kappa shape index (κ2) is 14.2. The van der Waals surface area contributed by atoms with Crippen LogP contribution in [0.2, 0.25) is 0 Å². The molecule has 5 aromatic carbocycles. The zero-order valence-electron chi connectivity index (χ0n) is 25.5. The number of aryl methyl sites for hydroxylation is 1. The van der Waals surface area contributed by atoms with Gasteiger partial charge in [0.2, 0.25) is 5.91 Å². The van der Waals surface area contributed by atoms with Gasteiger partial charge in [0.25, 0.3) is 11.8 Å². The van der Waals surface area contributed by atoms with Gasteiger partial charge in [-0.3, -0.25) is 14.4 Å². The summed E-state index contributed by atoms with van der Waals surface area (Å²) in [6, 6.07) is 35.7. The van der Waals surface area contributed by atoms with Crippen molar-refractivity contribution in [1.29, 1.82) is 0 Å². The van der Waals surface area contributed by atoms with Crippen molar-refractivity contribution in [3.63, 3.8) is 0 Å². The number of para-hydroxylation sites is 1. The van der Waals surface area contributed by atoms with Crippen molar-refractivity contribution in [3.05, 3.63) is 144 Å². The molecule has 6 aromatic rings. The molecule has 47 heavy (non-hydrogen) atoms. The van der Waals surface area contributed by atoms with E-state index in [0.29, 0.717) is 11.3 Å². The number of rotatable bonds is 10. The fourth-order valence-electron chi connectivity index (χ4n) is 5.34. The summed E-state index contributed by atoms with van der Waals surface area (Å²) in [6.45, 7) is 2.97. The van der Waals surface area contributed by atoms with Crippen molar-refractivity contribution in [3.8, 4) is 0 Å². The minimum absolute atomic E-state index is 0.114. The van der Waals surface area contributed by atoms with Gasteiger partial charge in [-0.1, -0.05) is 54.6 Å². The Morgan fingerprint density at radius 3 is 2.19 bits per heavy atom. The molecule has 9 heteroatoms. The summed E-state index contributed by atoms with van der Waals surface area (Å²) in [7, 11) is 0. The van der Waals surface area contributed by atoms with Crippen LogP contribution in [-0.4, -0.2) is 28.0 Å². The molecular weight excluding hydrogens is 612 g/mol. The van der Waals surface area contributed by atoms with Crippen LogP contribution in [0.4, 0.5) is 15.8 Å². The van der Waals surface area contributed by atoms with E-state index in [4.69, 9.17) is 0 Å². The van der Waals surface area contributed by atoms with Crippen LogP contribution in [0.5, 0.6) is 0 Å². The summed E-state index contributed by atoms with van der Waals surface area (Å²) < 4.78 is 16.7. The molecule has 1 aromatic heterocycles. The Bertz CT molecular complexity index is 2120. The number of thioether (sulfide) groups is 1. The van der Waals surface area contributed by atoms with Crippen molar-refractivity contribution in [2.75, 3.05) is 16.4 Å². The summed E-state index contributed by atoms with van der Waals surface area (Å²) in [6.07, 6.45) is 1.30. The zero-order valence-corrected chi connectivity index (χ0v) is 26.3. The number of halogens is 1. The molecule has 1 heterocycles. The molecule has 7 nitrogen and oxygen atoms in total. The smallest absolute Gasteiger partial charge is 0.272 e. The highest BCUT2D eigenvalue weighted by molar-refractivity contribution is 8.00. The number of amides is 3. The molecule has 0 bridgehead atoms. The summed E-state index contributed by atoms with van der Waals surface area (Å²) in [5.41, 5.74) is 3.89. The fourth-order valence-corrected chi connectivity index (χ4v) is 6.04. The predicted octanol–water partition coefficient (Wildman–Crippen LogP) is 8.09. The van der Waals surface area contributed by atoms with Gasteiger partial charge in [-0.25, -0.2) is 4.39 Å². The van der Waals surface area contributed by atoms with Gasteiger partial charge in [-0.2, -0.15) is 0 Å². The number of aromatic nitrogens is 1. The number of carbonyl (C=O) groups is 3. The van der Waals surface area contributed by atoms with Crippen LogP contribution in [0, 0.1) is 5.82 Å². The third kappa shape index (κ3) is 7.26. The van der Waals surface area contributed by atoms with Gasteiger partial charge in [0.05, 0.1) is 5.75 Å². The molecule has 0 aliphatic rings. The molecule has 0 fully saturated rings. The molecule has 3 amide bonds. The van der Waals surface area contributed by atoms with Crippen molar-refractivity contribution in [2.45, 2.75) is 18.4 Å². The summed E-state index contributed by atoms with van der Waals surface area (Å²) >= 11 is 1.37. The number of nitrogens with zero attached hydrogens (tertiary/aromatic N) is 1. The monoisotopic (exact) mass is 642 g/mol. The van der Waals surface area contributed by atoms with Crippen molar-refractivity contribution in [1.82, 2.24) is 9.88 Å². The van der Waals surface area contributed by atoms with Gasteiger partial charge >= 0.3 is 0 Å². The van der Waals surface area contributed by atoms with E-state index in [9.17, 15) is 18.8 Å². The first-order chi connectivity index (χ1) is 22.9. The van der Waals surface area contributed by atoms with Gasteiger partial charge < -0.3 is 20.5 Å². The standard InChI is InChI=1S/C38H31FN4O3S/c1-2-43-34-15-9-7-13-30(34)31-23-28(18-21-35(31)43)40-36(44)24-47-29-19-16-27(17-20-29)41-38(46)33(22-26-12-6-8-14-32(26)39)42-37(45)25-10-4-3-5-11-25/h3-23H,2,24H2,1H3,(H,40,44)(H,41,46)(H,42,45)/b33-22-. The highest BCUT2D eigenvalue weighted by Crippen LogP contribution is 2.31. The first-order valence-electron chi connectivity index (χ1n) is 15.1. The first-order valence-corrected chi connectivity index (χ1v) is 16.1. The predicted molar refractivity (Wildman–Crippen MR) is 188 cm³/mol. The van der Waals surface area contributed by atoms with E-state index < -0.39 is 17.6 Å². The minimum atomic E-state index is -0.614. The zero-order chi connectivity index (χ0) is 32.8. The maximum atomic E-state index is 14.4. The highest BCUT2D eigenvalue weighted by Gasteiger charge is 2.16. The van der Waals surface area contributed by atoms with Gasteiger partial charge in [0.1, 0.15) is 11.5 Å². The van der Waals surface area contributed by atoms with E-state index >= 15 is 0 Å². The normalized spacial score (nSPS) is 11.4. The number of anilines is 2. The number of benzene rings is 5. The van der Waals surface area contributed by atoms with Crippen LogP contribution in [-0.2, 0) is 16.1 Å². The number of hydrogen-bond donors (Lipinski definition) is 3. The van der Waals surface area contributed by atoms with Crippen molar-refractivity contribution >= 4 is 68.7 Å². The Balaban J connectivity index is 1.09. The van der Waals surface area contributed by atoms with E-state index in [0.717, 1.165) is 38.9 Å². The highest BCUT2D eigenvalue weighted by atomic mass is 32.2. The average molecular weight is 643 g/mol. The lowest BCUT2D eigenvalue weighted by Crippen LogP contribution is -2.30. The van der Waals surface area contributed by atoms with Gasteiger partial charge in [0, 0.05) is 55.7 Å². The summed E-state index contributed by atoms with van der Waals surface area (Å²) in [5.74, 6) is -1.58. The molecule has 0 radical (unpaired) electrons. The Morgan fingerprint density at radius 2 is 1.43 bits per heavy atom. The van der Waals surface area contributed by atoms with Gasteiger partial charge in [-0.05, 0) is 79.7 Å². The van der Waals surface area contributed by atoms with Crippen molar-refractivity contribution < 1.29 is 18.8 Å². The SMILES string of the molecule is CCn1c2ccccc2c2cc(NC(=O)CSc3ccc(NC(=O)/C(=C/c4ccccc4F)NC(=O)c4ccccc4)cc3)ccc21. The minimum Gasteiger partial charge on any atom is -0.341 e. The molecule has 0 aliphatic heterocycles. The number of carbonyl (C=O) groups excluding carboxylic acids is 3. The maximum Gasteiger partial charge on any atom is 0.272 e. The fraction of sp³-hybridized carbons (Fsp3) is 0.0789. The second-order valence-electron chi connectivity index (χ2n) is 10.7. The van der Waals surface area contributed by atoms with Crippen LogP contribution >= 0.6 is 11.8 Å². The van der Waals surface area contributed by atoms with Gasteiger partial charge in [0.15, 0.2) is 0 Å². The van der Waals surface area contributed by atoms with Crippen LogP contribution in [0.3, 0.4) is 0 Å². The molecule has 234 valence electrons. The Morgan fingerprint density at radius 1 is 0.745 bits per heavy atom. The van der Waals surface area contributed by atoms with Crippen LogP contribution in [0.15, 0.2) is 132 Å². The lowest BCUT2D eigenvalue weighted by Gasteiger charge is -2.12. The molecule has 0 saturated heterocycles. The Hall–Kier alpha value is -5.67. The van der Waals surface area contributed by atoms with E-state index in [2.05, 4.69) is 39.6 Å². The maximum absolute atomic E-state index is 14.4. The van der Waals surface area contributed by atoms with Crippen molar-refractivity contribution in [2.24, 2.45) is 0 Å². The number of fused-ring (bicyclic) bond motifs is 3.